The van der Waals surface area contributed by atoms with Gasteiger partial charge in [-0.05, 0) is 55.0 Å². The van der Waals surface area contributed by atoms with Gasteiger partial charge in [-0.2, -0.15) is 10.2 Å². The van der Waals surface area contributed by atoms with E-state index in [2.05, 4.69) is 25.6 Å². The Morgan fingerprint density at radius 2 is 1.94 bits per heavy atom. The normalized spacial score (nSPS) is 11.1. The highest BCUT2D eigenvalue weighted by Crippen LogP contribution is 2.28. The second-order valence-corrected chi connectivity index (χ2v) is 7.98. The van der Waals surface area contributed by atoms with E-state index < -0.39 is 0 Å². The fourth-order valence-corrected chi connectivity index (χ4v) is 3.76. The third-order valence-electron chi connectivity index (χ3n) is 5.22. The van der Waals surface area contributed by atoms with Crippen molar-refractivity contribution in [1.29, 1.82) is 5.41 Å². The molecule has 0 unspecified atom stereocenters. The number of nitrogens with zero attached hydrogens (tertiary/aromatic N) is 4. The number of pyridine rings is 1. The molecule has 0 aliphatic carbocycles. The number of rotatable bonds is 6. The van der Waals surface area contributed by atoms with Gasteiger partial charge in [-0.15, -0.1) is 0 Å². The van der Waals surface area contributed by atoms with Crippen molar-refractivity contribution in [2.24, 2.45) is 0 Å². The molecule has 0 atom stereocenters. The van der Waals surface area contributed by atoms with Crippen LogP contribution in [0, 0.1) is 5.41 Å². The molecule has 0 spiro atoms. The summed E-state index contributed by atoms with van der Waals surface area (Å²) in [4.78, 5) is 4.58. The summed E-state index contributed by atoms with van der Waals surface area (Å²) >= 11 is 6.01. The number of anilines is 2. The quantitative estimate of drug-likeness (QED) is 0.296. The molecule has 0 radical (unpaired) electrons. The summed E-state index contributed by atoms with van der Waals surface area (Å²) in [5.74, 6) is 0. The van der Waals surface area contributed by atoms with E-state index in [0.717, 1.165) is 39.1 Å². The minimum absolute atomic E-state index is 0.386. The molecule has 8 heteroatoms. The van der Waals surface area contributed by atoms with Gasteiger partial charge in [-0.1, -0.05) is 23.7 Å². The van der Waals surface area contributed by atoms with Crippen molar-refractivity contribution in [3.8, 4) is 11.3 Å². The van der Waals surface area contributed by atoms with Crippen LogP contribution in [0.2, 0.25) is 5.02 Å². The number of H-pyrrole nitrogens is 1. The van der Waals surface area contributed by atoms with Crippen LogP contribution in [0.3, 0.4) is 0 Å². The average molecular weight is 442 g/mol. The highest BCUT2D eigenvalue weighted by atomic mass is 35.5. The summed E-state index contributed by atoms with van der Waals surface area (Å²) in [7, 11) is 0. The molecule has 5 rings (SSSR count). The van der Waals surface area contributed by atoms with Crippen LogP contribution in [-0.2, 0) is 6.54 Å². The summed E-state index contributed by atoms with van der Waals surface area (Å²) in [6.07, 6.45) is 5.35. The summed E-state index contributed by atoms with van der Waals surface area (Å²) in [6, 6.07) is 17.7. The van der Waals surface area contributed by atoms with Crippen LogP contribution < -0.4 is 5.32 Å². The van der Waals surface area contributed by atoms with E-state index in [4.69, 9.17) is 17.0 Å². The molecule has 7 nitrogen and oxygen atoms in total. The Kier molecular flexibility index (Phi) is 5.17. The first-order valence-electron chi connectivity index (χ1n) is 10.1. The van der Waals surface area contributed by atoms with Crippen LogP contribution in [0.1, 0.15) is 18.2 Å². The highest BCUT2D eigenvalue weighted by Gasteiger charge is 2.13. The van der Waals surface area contributed by atoms with E-state index in [9.17, 15) is 0 Å². The fraction of sp³-hybridized carbons (Fsp3) is 0.0833. The second kappa shape index (κ2) is 8.28. The Morgan fingerprint density at radius 1 is 1.09 bits per heavy atom. The van der Waals surface area contributed by atoms with Crippen molar-refractivity contribution < 1.29 is 0 Å². The Hall–Kier alpha value is -3.97. The zero-order chi connectivity index (χ0) is 22.1. The molecule has 0 fully saturated rings. The van der Waals surface area contributed by atoms with E-state index in [1.54, 1.807) is 25.5 Å². The minimum Gasteiger partial charge on any atom is -0.354 e. The lowest BCUT2D eigenvalue weighted by atomic mass is 10.1. The van der Waals surface area contributed by atoms with Crippen LogP contribution in [0.4, 0.5) is 11.4 Å². The molecule has 0 aliphatic rings. The summed E-state index contributed by atoms with van der Waals surface area (Å²) in [5, 5.41) is 24.9. The number of aromatic amines is 1. The van der Waals surface area contributed by atoms with Crippen molar-refractivity contribution in [2.75, 3.05) is 5.32 Å². The standard InChI is InChI=1S/C24H20ClN7/c1-15(26)24-22(30-20-7-4-17-13-28-31-21(17)11-20)10-18(12-27-24)23-8-9-29-32(23)14-16-2-5-19(25)6-3-16/h2-13,26,30H,14H2,1H3,(H,28,31). The lowest BCUT2D eigenvalue weighted by Gasteiger charge is -2.14. The SMILES string of the molecule is CC(=N)c1ncc(-c2ccnn2Cc2ccc(Cl)cc2)cc1Nc1ccc2cn[nH]c2c1. The van der Waals surface area contributed by atoms with Gasteiger partial charge in [0.25, 0.3) is 0 Å². The summed E-state index contributed by atoms with van der Waals surface area (Å²) in [5.41, 5.74) is 6.52. The topological polar surface area (TPSA) is 95.3 Å². The molecule has 158 valence electrons. The van der Waals surface area contributed by atoms with Gasteiger partial charge < -0.3 is 10.7 Å². The molecule has 0 saturated heterocycles. The van der Waals surface area contributed by atoms with Crippen LogP contribution in [0.25, 0.3) is 22.2 Å². The number of halogens is 1. The molecule has 0 saturated carbocycles. The zero-order valence-electron chi connectivity index (χ0n) is 17.3. The first-order chi connectivity index (χ1) is 15.6. The van der Waals surface area contributed by atoms with Gasteiger partial charge in [0.15, 0.2) is 0 Å². The number of nitrogens with one attached hydrogen (secondary N) is 3. The van der Waals surface area contributed by atoms with E-state index in [1.807, 2.05) is 59.3 Å². The summed E-state index contributed by atoms with van der Waals surface area (Å²) in [6.45, 7) is 2.35. The van der Waals surface area contributed by atoms with Crippen LogP contribution in [0.5, 0.6) is 0 Å². The van der Waals surface area contributed by atoms with Crippen molar-refractivity contribution >= 4 is 39.6 Å². The highest BCUT2D eigenvalue weighted by molar-refractivity contribution is 6.30. The molecular formula is C24H20ClN7. The van der Waals surface area contributed by atoms with Gasteiger partial charge in [0.05, 0.1) is 35.4 Å². The smallest absolute Gasteiger partial charge is 0.107 e. The monoisotopic (exact) mass is 441 g/mol. The molecule has 2 aromatic carbocycles. The van der Waals surface area contributed by atoms with Crippen LogP contribution in [0.15, 0.2) is 73.2 Å². The Morgan fingerprint density at radius 3 is 2.75 bits per heavy atom. The van der Waals surface area contributed by atoms with Crippen LogP contribution >= 0.6 is 11.6 Å². The summed E-state index contributed by atoms with van der Waals surface area (Å²) < 4.78 is 1.93. The molecule has 3 heterocycles. The number of aromatic nitrogens is 5. The van der Waals surface area contributed by atoms with Gasteiger partial charge in [0, 0.05) is 34.1 Å². The van der Waals surface area contributed by atoms with Gasteiger partial charge in [0.1, 0.15) is 5.69 Å². The molecule has 3 aromatic heterocycles. The van der Waals surface area contributed by atoms with Gasteiger partial charge in [-0.3, -0.25) is 14.8 Å². The number of hydrogen-bond acceptors (Lipinski definition) is 5. The van der Waals surface area contributed by atoms with E-state index >= 15 is 0 Å². The van der Waals surface area contributed by atoms with Crippen molar-refractivity contribution in [3.63, 3.8) is 0 Å². The molecular weight excluding hydrogens is 422 g/mol. The predicted octanol–water partition coefficient (Wildman–Crippen LogP) is 5.65. The maximum Gasteiger partial charge on any atom is 0.107 e. The number of benzene rings is 2. The van der Waals surface area contributed by atoms with E-state index in [0.29, 0.717) is 23.0 Å². The first-order valence-corrected chi connectivity index (χ1v) is 10.5. The predicted molar refractivity (Wildman–Crippen MR) is 128 cm³/mol. The Labute approximate surface area is 189 Å². The first kappa shape index (κ1) is 20.0. The molecule has 32 heavy (non-hydrogen) atoms. The molecule has 0 amide bonds. The van der Waals surface area contributed by atoms with E-state index in [1.165, 1.54) is 0 Å². The van der Waals surface area contributed by atoms with Crippen molar-refractivity contribution in [1.82, 2.24) is 25.0 Å². The zero-order valence-corrected chi connectivity index (χ0v) is 18.1. The second-order valence-electron chi connectivity index (χ2n) is 7.54. The van der Waals surface area contributed by atoms with Crippen LogP contribution in [-0.4, -0.2) is 30.7 Å². The Balaban J connectivity index is 1.50. The third-order valence-corrected chi connectivity index (χ3v) is 5.47. The number of fused-ring (bicyclic) bond motifs is 1. The van der Waals surface area contributed by atoms with E-state index in [-0.39, 0.29) is 0 Å². The molecule has 5 aromatic rings. The molecule has 0 bridgehead atoms. The van der Waals surface area contributed by atoms with Gasteiger partial charge in [0.2, 0.25) is 0 Å². The van der Waals surface area contributed by atoms with Crippen molar-refractivity contribution in [3.05, 3.63) is 89.5 Å². The van der Waals surface area contributed by atoms with Crippen molar-refractivity contribution in [2.45, 2.75) is 13.5 Å². The third kappa shape index (κ3) is 3.98. The fourth-order valence-electron chi connectivity index (χ4n) is 3.64. The molecule has 0 aliphatic heterocycles. The molecule has 3 N–H and O–H groups in total. The Bertz CT molecular complexity index is 1420. The largest absolute Gasteiger partial charge is 0.354 e. The lowest BCUT2D eigenvalue weighted by Crippen LogP contribution is -2.06. The maximum atomic E-state index is 8.15. The average Bonchev–Trinajstić information content (AvgIpc) is 3.44. The minimum atomic E-state index is 0.386. The van der Waals surface area contributed by atoms with Gasteiger partial charge in [-0.25, -0.2) is 0 Å². The van der Waals surface area contributed by atoms with Gasteiger partial charge >= 0.3 is 0 Å². The number of hydrogen-bond donors (Lipinski definition) is 3. The lowest BCUT2D eigenvalue weighted by molar-refractivity contribution is 0.694. The maximum absolute atomic E-state index is 8.15.